The van der Waals surface area contributed by atoms with Crippen molar-refractivity contribution in [2.24, 2.45) is 0 Å². The number of pyridine rings is 1. The van der Waals surface area contributed by atoms with Crippen molar-refractivity contribution in [2.75, 3.05) is 0 Å². The van der Waals surface area contributed by atoms with Gasteiger partial charge in [0.2, 0.25) is 12.3 Å². The fourth-order valence-electron chi connectivity index (χ4n) is 8.47. The molecule has 0 unspecified atom stereocenters. The Balaban J connectivity index is 0.000000378. The van der Waals surface area contributed by atoms with E-state index >= 15 is 0 Å². The molecule has 7 aromatic rings. The molecule has 0 radical (unpaired) electrons. The lowest BCUT2D eigenvalue weighted by Gasteiger charge is -2.46. The monoisotopic (exact) mass is 1160 g/mol. The van der Waals surface area contributed by atoms with Gasteiger partial charge in [0.1, 0.15) is 6.15 Å². The molecule has 6 aromatic carbocycles. The van der Waals surface area contributed by atoms with E-state index in [4.69, 9.17) is 0 Å². The summed E-state index contributed by atoms with van der Waals surface area (Å²) >= 11 is 0. The summed E-state index contributed by atoms with van der Waals surface area (Å²) in [6, 6.07) is 6.82. The van der Waals surface area contributed by atoms with Crippen LogP contribution in [0.1, 0.15) is 54.9 Å². The summed E-state index contributed by atoms with van der Waals surface area (Å²) in [6.07, 6.45) is -51.4. The fourth-order valence-corrected chi connectivity index (χ4v) is 8.47. The standard InChI is InChI=1S/C32H12BF24.C17H13N2O3/c34-25(35,36)13-1-14(26(37,38)39)6-21(5-13)33(22-7-15(27(40,41)42)2-16(8-22)28(43,44)45,23-9-17(29(46,47)48)3-18(10-23)30(49,50)51)24-11-19(31(52,53)54)4-20(12-24)32(55,56)57;20-17(13-5-2-1-3-6-13)12-18-10-9-15-14(11-18)7-4-8-16(15)19(21)22/h1-12H;1-11H,12H2/q-1;+1. The smallest absolute Gasteiger partial charge is 0.287 e. The summed E-state index contributed by atoms with van der Waals surface area (Å²) in [7, 11) is 0. The van der Waals surface area contributed by atoms with Gasteiger partial charge in [-0.2, -0.15) is 132 Å². The SMILES string of the molecule is FC(F)(F)c1cc([B-](c2cc(C(F)(F)F)cc(C(F)(F)F)c2)(c2cc(C(F)(F)F)cc(C(F)(F)F)c2)c2cc(C(F)(F)F)cc(C(F)(F)F)c2)cc(C(F)(F)F)c1.O=C(C[n+]1ccc2c([N+](=O)[O-])cccc2c1)c1ccccc1. The molecule has 1 heterocycles. The molecule has 0 atom stereocenters. The molecule has 7 rings (SSSR count). The minimum atomic E-state index is -6.13. The first-order valence-electron chi connectivity index (χ1n) is 21.4. The summed E-state index contributed by atoms with van der Waals surface area (Å²) < 4.78 is 343. The van der Waals surface area contributed by atoms with Crippen LogP contribution in [0.4, 0.5) is 111 Å². The largest absolute Gasteiger partial charge is 0.416 e. The van der Waals surface area contributed by atoms with Crippen LogP contribution in [0.2, 0.25) is 0 Å². The molecule has 420 valence electrons. The minimum absolute atomic E-state index is 0.00428. The molecule has 79 heavy (non-hydrogen) atoms. The van der Waals surface area contributed by atoms with Gasteiger partial charge in [-0.05, 0) is 30.3 Å². The highest BCUT2D eigenvalue weighted by Gasteiger charge is 2.47. The van der Waals surface area contributed by atoms with Crippen molar-refractivity contribution < 1.29 is 120 Å². The van der Waals surface area contributed by atoms with Gasteiger partial charge < -0.3 is 0 Å². The first-order chi connectivity index (χ1) is 35.9. The number of rotatable bonds is 8. The number of carbonyl (C=O) groups is 1. The third-order valence-electron chi connectivity index (χ3n) is 11.9. The average molecular weight is 1160 g/mol. The van der Waals surface area contributed by atoms with Gasteiger partial charge in [0.05, 0.1) is 60.2 Å². The van der Waals surface area contributed by atoms with Crippen molar-refractivity contribution >= 4 is 50.2 Å². The van der Waals surface area contributed by atoms with Gasteiger partial charge in [0, 0.05) is 17.7 Å². The second kappa shape index (κ2) is 20.8. The molecule has 0 fully saturated rings. The van der Waals surface area contributed by atoms with Crippen LogP contribution in [0.25, 0.3) is 10.8 Å². The molecule has 1 aromatic heterocycles. The number of nitrogens with zero attached hydrogens (tertiary/aromatic N) is 2. The number of halogens is 24. The maximum absolute atomic E-state index is 14.2. The van der Waals surface area contributed by atoms with Gasteiger partial charge in [0.25, 0.3) is 5.69 Å². The van der Waals surface area contributed by atoms with Crippen LogP contribution in [-0.4, -0.2) is 16.9 Å². The van der Waals surface area contributed by atoms with E-state index in [1.807, 2.05) is 18.2 Å². The quantitative estimate of drug-likeness (QED) is 0.0380. The number of benzene rings is 6. The first-order valence-corrected chi connectivity index (χ1v) is 21.4. The van der Waals surface area contributed by atoms with Crippen LogP contribution >= 0.6 is 0 Å². The highest BCUT2D eigenvalue weighted by Crippen LogP contribution is 2.41. The molecule has 0 N–H and O–H groups in total. The number of alkyl halides is 24. The molecule has 30 heteroatoms. The molecule has 0 spiro atoms. The highest BCUT2D eigenvalue weighted by molar-refractivity contribution is 7.20. The lowest BCUT2D eigenvalue weighted by molar-refractivity contribution is -0.681. The second-order valence-electron chi connectivity index (χ2n) is 17.2. The Morgan fingerprint density at radius 3 is 0.962 bits per heavy atom. The molecule has 0 aliphatic carbocycles. The van der Waals surface area contributed by atoms with Crippen molar-refractivity contribution in [3.05, 3.63) is 200 Å². The van der Waals surface area contributed by atoms with Crippen LogP contribution in [-0.2, 0) is 56.0 Å². The minimum Gasteiger partial charge on any atom is -0.287 e. The number of nitro benzene ring substituents is 1. The lowest BCUT2D eigenvalue weighted by atomic mass is 9.12. The Kier molecular flexibility index (Phi) is 15.9. The number of nitro groups is 1. The molecule has 0 saturated heterocycles. The Morgan fingerprint density at radius 2 is 0.696 bits per heavy atom. The molecule has 0 amide bonds. The zero-order chi connectivity index (χ0) is 59.4. The van der Waals surface area contributed by atoms with Crippen molar-refractivity contribution in [3.63, 3.8) is 0 Å². The normalized spacial score (nSPS) is 13.3. The third kappa shape index (κ3) is 13.5. The molecule has 0 aliphatic rings. The van der Waals surface area contributed by atoms with Gasteiger partial charge in [0.15, 0.2) is 12.4 Å². The van der Waals surface area contributed by atoms with Crippen LogP contribution in [0.3, 0.4) is 0 Å². The predicted octanol–water partition coefficient (Wildman–Crippen LogP) is 14.1. The summed E-state index contributed by atoms with van der Waals surface area (Å²) in [5.41, 5.74) is -29.5. The van der Waals surface area contributed by atoms with E-state index in [2.05, 4.69) is 0 Å². The maximum atomic E-state index is 14.2. The second-order valence-corrected chi connectivity index (χ2v) is 17.2. The van der Waals surface area contributed by atoms with E-state index in [0.717, 1.165) is 5.39 Å². The van der Waals surface area contributed by atoms with Crippen LogP contribution in [0.15, 0.2) is 140 Å². The summed E-state index contributed by atoms with van der Waals surface area (Å²) in [6.45, 7) is 0.197. The number of ketones is 1. The van der Waals surface area contributed by atoms with Crippen LogP contribution < -0.4 is 26.4 Å². The number of non-ortho nitro benzene ring substituents is 1. The Bertz CT molecular complexity index is 2990. The zero-order valence-electron chi connectivity index (χ0n) is 38.3. The number of fused-ring (bicyclic) bond motifs is 1. The molecular weight excluding hydrogens is 1130 g/mol. The molecular formula is C49H25BF24N2O3. The van der Waals surface area contributed by atoms with Crippen LogP contribution in [0.5, 0.6) is 0 Å². The molecule has 0 bridgehead atoms. The number of Topliss-reactive ketones (excluding diaryl/α,β-unsaturated/α-hetero) is 1. The van der Waals surface area contributed by atoms with E-state index in [1.165, 1.54) is 6.07 Å². The summed E-state index contributed by atoms with van der Waals surface area (Å²) in [4.78, 5) is 22.8. The van der Waals surface area contributed by atoms with Crippen molar-refractivity contribution in [1.29, 1.82) is 0 Å². The Labute approximate surface area is 425 Å². The van der Waals surface area contributed by atoms with Crippen LogP contribution in [0, 0.1) is 10.1 Å². The van der Waals surface area contributed by atoms with E-state index in [9.17, 15) is 120 Å². The van der Waals surface area contributed by atoms with Crippen molar-refractivity contribution in [3.8, 4) is 0 Å². The molecule has 5 nitrogen and oxygen atoms in total. The van der Waals surface area contributed by atoms with E-state index in [-0.39, 0.29) is 18.0 Å². The van der Waals surface area contributed by atoms with E-state index in [0.29, 0.717) is 10.9 Å². The highest BCUT2D eigenvalue weighted by atomic mass is 19.4. The van der Waals surface area contributed by atoms with Gasteiger partial charge in [-0.15, -0.1) is 0 Å². The fraction of sp³-hybridized carbons (Fsp3) is 0.184. The Hall–Kier alpha value is -7.82. The van der Waals surface area contributed by atoms with Crippen molar-refractivity contribution in [1.82, 2.24) is 0 Å². The molecule has 0 saturated carbocycles. The summed E-state index contributed by atoms with van der Waals surface area (Å²) in [5, 5.41) is 12.3. The number of aromatic nitrogens is 1. The maximum Gasteiger partial charge on any atom is 0.416 e. The number of carbonyl (C=O) groups excluding carboxylic acids is 1. The van der Waals surface area contributed by atoms with E-state index in [1.54, 1.807) is 47.3 Å². The van der Waals surface area contributed by atoms with Crippen molar-refractivity contribution in [2.45, 2.75) is 56.0 Å². The summed E-state index contributed by atoms with van der Waals surface area (Å²) in [5.74, 6) is -0.00428. The van der Waals surface area contributed by atoms with Gasteiger partial charge >= 0.3 is 49.4 Å². The number of hydrogen-bond acceptors (Lipinski definition) is 3. The first kappa shape index (κ1) is 60.4. The third-order valence-corrected chi connectivity index (χ3v) is 11.9. The van der Waals surface area contributed by atoms with Gasteiger partial charge in [-0.25, -0.2) is 0 Å². The number of hydrogen-bond donors (Lipinski definition) is 0. The average Bonchev–Trinajstić information content (AvgIpc) is 3.54. The zero-order valence-corrected chi connectivity index (χ0v) is 38.3. The topological polar surface area (TPSA) is 64.1 Å². The molecule has 0 aliphatic heterocycles. The lowest BCUT2D eigenvalue weighted by Crippen LogP contribution is -2.75. The van der Waals surface area contributed by atoms with E-state index < -0.39 is 200 Å². The predicted molar refractivity (Wildman–Crippen MR) is 232 cm³/mol. The van der Waals surface area contributed by atoms with Gasteiger partial charge in [-0.3, -0.25) is 14.9 Å². The Morgan fingerprint density at radius 1 is 0.405 bits per heavy atom. The van der Waals surface area contributed by atoms with Gasteiger partial charge in [-0.1, -0.05) is 84.9 Å².